The first kappa shape index (κ1) is 42.5. The lowest BCUT2D eigenvalue weighted by atomic mass is 9.52. The minimum absolute atomic E-state index is 0.0923. The third-order valence-electron chi connectivity index (χ3n) is 16.9. The molecule has 6 aromatic rings. The molecule has 13 rings (SSSR count). The van der Waals surface area contributed by atoms with E-state index in [1.807, 2.05) is 36.4 Å². The Balaban J connectivity index is 1.19. The normalized spacial score (nSPS) is 24.9. The van der Waals surface area contributed by atoms with Gasteiger partial charge in [-0.1, -0.05) is 82.3 Å². The zero-order chi connectivity index (χ0) is 46.1. The number of hydrogen-bond acceptors (Lipinski definition) is 6. The predicted molar refractivity (Wildman–Crippen MR) is 268 cm³/mol. The van der Waals surface area contributed by atoms with Crippen LogP contribution in [0.1, 0.15) is 113 Å². The fraction of sp³-hybridized carbons (Fsp3) is 0.410. The van der Waals surface area contributed by atoms with E-state index in [1.54, 1.807) is 28.4 Å². The Morgan fingerprint density at radius 3 is 1.70 bits per heavy atom. The molecule has 1 spiro atoms. The molecular formula is C61H64O6. The van der Waals surface area contributed by atoms with Gasteiger partial charge >= 0.3 is 0 Å². The van der Waals surface area contributed by atoms with E-state index in [4.69, 9.17) is 28.4 Å². The lowest BCUT2D eigenvalue weighted by molar-refractivity contribution is -0.107. The highest BCUT2D eigenvalue weighted by molar-refractivity contribution is 6.11. The zero-order valence-corrected chi connectivity index (χ0v) is 40.5. The number of ether oxygens (including phenoxy) is 6. The summed E-state index contributed by atoms with van der Waals surface area (Å²) >= 11 is 0. The van der Waals surface area contributed by atoms with Gasteiger partial charge in [-0.25, -0.2) is 0 Å². The van der Waals surface area contributed by atoms with Gasteiger partial charge in [-0.2, -0.15) is 0 Å². The van der Waals surface area contributed by atoms with E-state index in [-0.39, 0.29) is 21.8 Å². The summed E-state index contributed by atoms with van der Waals surface area (Å²) in [6, 6.07) is 37.0. The van der Waals surface area contributed by atoms with Gasteiger partial charge in [-0.05, 0) is 169 Å². The molecule has 0 amide bonds. The van der Waals surface area contributed by atoms with Crippen molar-refractivity contribution in [2.24, 2.45) is 28.6 Å². The van der Waals surface area contributed by atoms with E-state index in [1.165, 1.54) is 46.9 Å². The van der Waals surface area contributed by atoms with Gasteiger partial charge in [0.2, 0.25) is 0 Å². The van der Waals surface area contributed by atoms with Gasteiger partial charge in [0.25, 0.3) is 0 Å². The lowest BCUT2D eigenvalue weighted by Gasteiger charge is -2.56. The van der Waals surface area contributed by atoms with Gasteiger partial charge in [-0.3, -0.25) is 0 Å². The van der Waals surface area contributed by atoms with Crippen LogP contribution in [0.15, 0.2) is 109 Å². The van der Waals surface area contributed by atoms with Crippen molar-refractivity contribution < 1.29 is 28.4 Å². The highest BCUT2D eigenvalue weighted by Crippen LogP contribution is 2.68. The fourth-order valence-electron chi connectivity index (χ4n) is 15.5. The number of methoxy groups -OCH3 is 4. The van der Waals surface area contributed by atoms with Gasteiger partial charge in [-0.15, -0.1) is 0 Å². The Hall–Kier alpha value is -5.88. The first-order chi connectivity index (χ1) is 32.3. The van der Waals surface area contributed by atoms with Crippen LogP contribution in [-0.4, -0.2) is 34.0 Å². The van der Waals surface area contributed by atoms with Crippen molar-refractivity contribution in [3.63, 3.8) is 0 Å². The highest BCUT2D eigenvalue weighted by atomic mass is 16.5. The second-order valence-corrected chi connectivity index (χ2v) is 22.8. The Kier molecular flexibility index (Phi) is 9.55. The molecule has 4 bridgehead atoms. The molecule has 5 saturated carbocycles. The summed E-state index contributed by atoms with van der Waals surface area (Å²) in [6.45, 7) is 9.95. The number of rotatable bonds is 9. The highest BCUT2D eigenvalue weighted by Gasteiger charge is 2.56. The van der Waals surface area contributed by atoms with Crippen molar-refractivity contribution in [1.29, 1.82) is 0 Å². The van der Waals surface area contributed by atoms with E-state index in [2.05, 4.69) is 107 Å². The van der Waals surface area contributed by atoms with E-state index in [0.29, 0.717) is 0 Å². The minimum atomic E-state index is -0.983. The summed E-state index contributed by atoms with van der Waals surface area (Å²) in [6.07, 6.45) is 15.4. The van der Waals surface area contributed by atoms with Crippen LogP contribution in [0.2, 0.25) is 0 Å². The van der Waals surface area contributed by atoms with Crippen LogP contribution < -0.4 is 28.4 Å². The average Bonchev–Trinajstić information content (AvgIpc) is 3.57. The molecule has 5 fully saturated rings. The van der Waals surface area contributed by atoms with Crippen LogP contribution in [0.25, 0.3) is 39.1 Å². The third-order valence-corrected chi connectivity index (χ3v) is 16.9. The van der Waals surface area contributed by atoms with Crippen LogP contribution >= 0.6 is 0 Å². The monoisotopic (exact) mass is 892 g/mol. The summed E-state index contributed by atoms with van der Waals surface area (Å²) in [5, 5.41) is 2.22. The van der Waals surface area contributed by atoms with Crippen molar-refractivity contribution in [3.8, 4) is 56.8 Å². The molecule has 67 heavy (non-hydrogen) atoms. The minimum Gasteiger partial charge on any atom is -0.497 e. The van der Waals surface area contributed by atoms with Crippen molar-refractivity contribution in [1.82, 2.24) is 0 Å². The van der Waals surface area contributed by atoms with Crippen LogP contribution in [0.3, 0.4) is 0 Å². The summed E-state index contributed by atoms with van der Waals surface area (Å²) in [5.41, 5.74) is 9.36. The topological polar surface area (TPSA) is 55.4 Å². The molecule has 7 aliphatic rings. The smallest absolute Gasteiger partial charge is 0.178 e. The van der Waals surface area contributed by atoms with Crippen molar-refractivity contribution in [2.75, 3.05) is 28.4 Å². The van der Waals surface area contributed by atoms with E-state index in [0.717, 1.165) is 124 Å². The predicted octanol–water partition coefficient (Wildman–Crippen LogP) is 14.7. The molecule has 1 heterocycles. The van der Waals surface area contributed by atoms with Crippen LogP contribution in [0, 0.1) is 28.6 Å². The van der Waals surface area contributed by atoms with Crippen LogP contribution in [0.4, 0.5) is 0 Å². The first-order valence-corrected chi connectivity index (χ1v) is 24.6. The standard InChI is InChI=1S/C61H64O6/c1-57(2)34-58(3,4)36-60(35-57)51-12-10-9-11-46(51)54-49-30-53(66-59-31-37-25-38(32-59)27-39(26-37)33-59)48(45-22-21-44(64-7)28-52(45)65-8)29-50(49)56-47(55(54)60)23-24-61(67-56,40-13-17-42(62-5)18-14-40)41-15-19-43(63-6)20-16-41/h9-24,28-30,37-39H,25-27,31-36H2,1-8H3. The zero-order valence-electron chi connectivity index (χ0n) is 40.5. The molecule has 0 N–H and O–H groups in total. The van der Waals surface area contributed by atoms with Crippen molar-refractivity contribution in [3.05, 3.63) is 137 Å². The largest absolute Gasteiger partial charge is 0.497 e. The molecule has 6 aliphatic carbocycles. The second-order valence-electron chi connectivity index (χ2n) is 22.8. The molecule has 6 aromatic carbocycles. The van der Waals surface area contributed by atoms with Gasteiger partial charge in [0.1, 0.15) is 40.1 Å². The van der Waals surface area contributed by atoms with E-state index < -0.39 is 5.60 Å². The van der Waals surface area contributed by atoms with Crippen molar-refractivity contribution >= 4 is 16.8 Å². The number of fused-ring (bicyclic) bond motifs is 10. The van der Waals surface area contributed by atoms with Gasteiger partial charge in [0, 0.05) is 44.7 Å². The van der Waals surface area contributed by atoms with Crippen LogP contribution in [0.5, 0.6) is 34.5 Å². The first-order valence-electron chi connectivity index (χ1n) is 24.6. The molecular weight excluding hydrogens is 829 g/mol. The Morgan fingerprint density at radius 1 is 0.537 bits per heavy atom. The summed E-state index contributed by atoms with van der Waals surface area (Å²) < 4.78 is 39.2. The molecule has 0 saturated heterocycles. The van der Waals surface area contributed by atoms with Gasteiger partial charge in [0.15, 0.2) is 5.60 Å². The Bertz CT molecular complexity index is 2870. The molecule has 0 unspecified atom stereocenters. The third kappa shape index (κ3) is 6.62. The van der Waals surface area contributed by atoms with E-state index >= 15 is 0 Å². The van der Waals surface area contributed by atoms with Crippen molar-refractivity contribution in [2.45, 2.75) is 102 Å². The maximum Gasteiger partial charge on any atom is 0.178 e. The van der Waals surface area contributed by atoms with Gasteiger partial charge < -0.3 is 28.4 Å². The van der Waals surface area contributed by atoms with E-state index in [9.17, 15) is 0 Å². The maximum absolute atomic E-state index is 8.01. The molecule has 6 heteroatoms. The van der Waals surface area contributed by atoms with Gasteiger partial charge in [0.05, 0.1) is 28.4 Å². The van der Waals surface area contributed by atoms with Crippen LogP contribution in [-0.2, 0) is 11.0 Å². The molecule has 0 aromatic heterocycles. The molecule has 344 valence electrons. The summed E-state index contributed by atoms with van der Waals surface area (Å²) in [7, 11) is 6.89. The maximum atomic E-state index is 8.01. The summed E-state index contributed by atoms with van der Waals surface area (Å²) in [5.74, 6) is 7.08. The quantitative estimate of drug-likeness (QED) is 0.144. The summed E-state index contributed by atoms with van der Waals surface area (Å²) in [4.78, 5) is 0. The average molecular weight is 893 g/mol. The Labute approximate surface area is 396 Å². The molecule has 0 atom stereocenters. The Morgan fingerprint density at radius 2 is 1.12 bits per heavy atom. The number of benzene rings is 6. The molecule has 6 nitrogen and oxygen atoms in total. The number of hydrogen-bond donors (Lipinski definition) is 0. The lowest BCUT2D eigenvalue weighted by Crippen LogP contribution is -2.53. The second kappa shape index (κ2) is 15.1. The molecule has 1 aliphatic heterocycles. The molecule has 0 radical (unpaired) electrons. The SMILES string of the molecule is COc1ccc(C2(c3ccc(OC)cc3)C=Cc3c4c(c5cc(OC67CC8CC(CC(C8)C6)C7)c(-c6ccc(OC)cc6OC)cc5c3O2)-c2ccccc2C42CC(C)(C)CC(C)(C)C2)cc1. The fourth-order valence-corrected chi connectivity index (χ4v) is 15.5.